The van der Waals surface area contributed by atoms with E-state index in [2.05, 4.69) is 15.0 Å². The maximum atomic E-state index is 12.4. The van der Waals surface area contributed by atoms with Crippen molar-refractivity contribution >= 4 is 16.1 Å². The minimum absolute atomic E-state index is 0.259. The Labute approximate surface area is 211 Å². The average molecular weight is 511 g/mol. The van der Waals surface area contributed by atoms with Crippen LogP contribution < -0.4 is 0 Å². The number of carbonyl (C=O) groups excluding carboxylic acids is 1. The second-order valence-electron chi connectivity index (χ2n) is 9.44. The first kappa shape index (κ1) is 24.4. The highest BCUT2D eigenvalue weighted by molar-refractivity contribution is 7.88. The molecule has 1 saturated heterocycles. The van der Waals surface area contributed by atoms with Gasteiger partial charge in [-0.25, -0.2) is 28.2 Å². The number of hydrogen-bond donors (Lipinski definition) is 0. The van der Waals surface area contributed by atoms with Gasteiger partial charge in [0.25, 0.3) is 0 Å². The summed E-state index contributed by atoms with van der Waals surface area (Å²) in [7, 11) is -3.23. The number of fused-ring (bicyclic) bond motifs is 1. The van der Waals surface area contributed by atoms with E-state index >= 15 is 0 Å². The lowest BCUT2D eigenvalue weighted by Crippen LogP contribution is -2.39. The SMILES string of the molecule is CS(=O)(=O)N1CCc2nc(-n3cnc(CC4CCN(C(=O)OCc5ccccc5)CC4)c3)ncc2C1. The number of hydrogen-bond acceptors (Lipinski definition) is 7. The zero-order valence-corrected chi connectivity index (χ0v) is 21.1. The molecule has 2 aliphatic rings. The average Bonchev–Trinajstić information content (AvgIpc) is 3.35. The third kappa shape index (κ3) is 5.73. The van der Waals surface area contributed by atoms with E-state index in [1.54, 1.807) is 17.4 Å². The molecule has 1 amide bonds. The molecule has 190 valence electrons. The molecule has 3 aromatic rings. The Balaban J connectivity index is 1.13. The molecule has 0 N–H and O–H groups in total. The van der Waals surface area contributed by atoms with Gasteiger partial charge in [0.15, 0.2) is 0 Å². The Morgan fingerprint density at radius 1 is 1.11 bits per heavy atom. The highest BCUT2D eigenvalue weighted by atomic mass is 32.2. The number of nitrogens with zero attached hydrogens (tertiary/aromatic N) is 6. The van der Waals surface area contributed by atoms with Crippen molar-refractivity contribution in [1.29, 1.82) is 0 Å². The lowest BCUT2D eigenvalue weighted by molar-refractivity contribution is 0.0822. The van der Waals surface area contributed by atoms with E-state index in [9.17, 15) is 13.2 Å². The van der Waals surface area contributed by atoms with Gasteiger partial charge < -0.3 is 9.64 Å². The lowest BCUT2D eigenvalue weighted by Gasteiger charge is -2.31. The van der Waals surface area contributed by atoms with Gasteiger partial charge in [-0.3, -0.25) is 4.57 Å². The summed E-state index contributed by atoms with van der Waals surface area (Å²) in [5.74, 6) is 0.981. The van der Waals surface area contributed by atoms with Crippen molar-refractivity contribution in [3.63, 3.8) is 0 Å². The molecule has 0 aliphatic carbocycles. The fourth-order valence-electron chi connectivity index (χ4n) is 4.69. The van der Waals surface area contributed by atoms with Crippen LogP contribution in [0.15, 0.2) is 49.1 Å². The molecule has 0 spiro atoms. The molecule has 1 aromatic carbocycles. The van der Waals surface area contributed by atoms with Crippen molar-refractivity contribution in [2.45, 2.75) is 38.8 Å². The Kier molecular flexibility index (Phi) is 7.01. The molecule has 0 saturated carbocycles. The first-order chi connectivity index (χ1) is 17.3. The number of imidazole rings is 1. The van der Waals surface area contributed by atoms with Gasteiger partial charge in [0, 0.05) is 50.6 Å². The molecule has 36 heavy (non-hydrogen) atoms. The van der Waals surface area contributed by atoms with Gasteiger partial charge >= 0.3 is 6.09 Å². The highest BCUT2D eigenvalue weighted by Crippen LogP contribution is 2.23. The van der Waals surface area contributed by atoms with Crippen molar-refractivity contribution in [2.24, 2.45) is 5.92 Å². The predicted octanol–water partition coefficient (Wildman–Crippen LogP) is 2.57. The van der Waals surface area contributed by atoms with Crippen molar-refractivity contribution in [2.75, 3.05) is 25.9 Å². The predicted molar refractivity (Wildman–Crippen MR) is 133 cm³/mol. The Hall–Kier alpha value is -3.31. The normalized spacial score (nSPS) is 17.1. The van der Waals surface area contributed by atoms with E-state index in [-0.39, 0.29) is 12.7 Å². The molecule has 0 unspecified atom stereocenters. The lowest BCUT2D eigenvalue weighted by atomic mass is 9.92. The van der Waals surface area contributed by atoms with Crippen molar-refractivity contribution < 1.29 is 17.9 Å². The molecule has 0 atom stereocenters. The minimum atomic E-state index is -3.23. The molecule has 10 nitrogen and oxygen atoms in total. The van der Waals surface area contributed by atoms with Gasteiger partial charge in [0.1, 0.15) is 12.9 Å². The molecule has 1 fully saturated rings. The van der Waals surface area contributed by atoms with E-state index < -0.39 is 10.0 Å². The second-order valence-corrected chi connectivity index (χ2v) is 11.4. The maximum Gasteiger partial charge on any atom is 0.410 e. The van der Waals surface area contributed by atoms with Crippen LogP contribution in [0.2, 0.25) is 0 Å². The summed E-state index contributed by atoms with van der Waals surface area (Å²) in [6.07, 6.45) is 9.54. The number of ether oxygens (including phenoxy) is 1. The standard InChI is InChI=1S/C25H30N6O4S/c1-36(33,34)31-12-9-23-21(15-31)14-26-24(28-23)30-16-22(27-18-30)13-19-7-10-29(11-8-19)25(32)35-17-20-5-3-2-4-6-20/h2-6,14,16,18-19H,7-13,15,17H2,1H3. The van der Waals surface area contributed by atoms with Gasteiger partial charge in [0.2, 0.25) is 16.0 Å². The molecule has 0 radical (unpaired) electrons. The van der Waals surface area contributed by atoms with E-state index in [1.807, 2.05) is 41.1 Å². The number of benzene rings is 1. The monoisotopic (exact) mass is 510 g/mol. The van der Waals surface area contributed by atoms with Gasteiger partial charge in [-0.2, -0.15) is 4.31 Å². The smallest absolute Gasteiger partial charge is 0.410 e. The quantitative estimate of drug-likeness (QED) is 0.501. The largest absolute Gasteiger partial charge is 0.445 e. The third-order valence-electron chi connectivity index (χ3n) is 6.80. The summed E-state index contributed by atoms with van der Waals surface area (Å²) in [4.78, 5) is 27.8. The fraction of sp³-hybridized carbons (Fsp3) is 0.440. The van der Waals surface area contributed by atoms with Gasteiger partial charge in [0.05, 0.1) is 17.6 Å². The van der Waals surface area contributed by atoms with E-state index in [4.69, 9.17) is 4.74 Å². The Morgan fingerprint density at radius 2 is 1.89 bits per heavy atom. The van der Waals surface area contributed by atoms with Crippen LogP contribution in [0.1, 0.15) is 35.4 Å². The zero-order chi connectivity index (χ0) is 25.1. The number of aromatic nitrogens is 4. The van der Waals surface area contributed by atoms with Crippen LogP contribution in [-0.2, 0) is 40.8 Å². The second kappa shape index (κ2) is 10.4. The number of piperidine rings is 1. The fourth-order valence-corrected chi connectivity index (χ4v) is 5.49. The topological polar surface area (TPSA) is 111 Å². The molecule has 2 aromatic heterocycles. The van der Waals surface area contributed by atoms with Crippen molar-refractivity contribution in [3.8, 4) is 5.95 Å². The summed E-state index contributed by atoms with van der Waals surface area (Å²) in [6, 6.07) is 9.69. The van der Waals surface area contributed by atoms with Gasteiger partial charge in [-0.05, 0) is 30.7 Å². The first-order valence-electron chi connectivity index (χ1n) is 12.1. The summed E-state index contributed by atoms with van der Waals surface area (Å²) < 4.78 is 32.4. The maximum absolute atomic E-state index is 12.4. The van der Waals surface area contributed by atoms with Crippen LogP contribution in [0.5, 0.6) is 0 Å². The van der Waals surface area contributed by atoms with Gasteiger partial charge in [-0.15, -0.1) is 0 Å². The van der Waals surface area contributed by atoms with Crippen LogP contribution in [0, 0.1) is 5.92 Å². The van der Waals surface area contributed by atoms with Gasteiger partial charge in [-0.1, -0.05) is 30.3 Å². The van der Waals surface area contributed by atoms with Crippen LogP contribution in [-0.4, -0.2) is 69.1 Å². The van der Waals surface area contributed by atoms with Crippen LogP contribution in [0.3, 0.4) is 0 Å². The number of sulfonamides is 1. The number of carbonyl (C=O) groups is 1. The number of amides is 1. The van der Waals surface area contributed by atoms with Crippen LogP contribution in [0.25, 0.3) is 5.95 Å². The minimum Gasteiger partial charge on any atom is -0.445 e. The summed E-state index contributed by atoms with van der Waals surface area (Å²) in [6.45, 7) is 2.38. The Bertz CT molecular complexity index is 1320. The van der Waals surface area contributed by atoms with Crippen LogP contribution >= 0.6 is 0 Å². The van der Waals surface area contributed by atoms with Crippen molar-refractivity contribution in [1.82, 2.24) is 28.7 Å². The van der Waals surface area contributed by atoms with E-state index in [0.717, 1.165) is 41.8 Å². The highest BCUT2D eigenvalue weighted by Gasteiger charge is 2.26. The Morgan fingerprint density at radius 3 is 2.64 bits per heavy atom. The van der Waals surface area contributed by atoms with E-state index in [1.165, 1.54) is 10.6 Å². The molecular weight excluding hydrogens is 480 g/mol. The van der Waals surface area contributed by atoms with Crippen LogP contribution in [0.4, 0.5) is 4.79 Å². The number of likely N-dealkylation sites (tertiary alicyclic amines) is 1. The molecule has 4 heterocycles. The van der Waals surface area contributed by atoms with E-state index in [0.29, 0.717) is 44.5 Å². The van der Waals surface area contributed by atoms with Crippen molar-refractivity contribution in [3.05, 3.63) is 71.6 Å². The third-order valence-corrected chi connectivity index (χ3v) is 8.05. The molecular formula is C25H30N6O4S. The summed E-state index contributed by atoms with van der Waals surface area (Å²) >= 11 is 0. The summed E-state index contributed by atoms with van der Waals surface area (Å²) in [5.41, 5.74) is 3.66. The summed E-state index contributed by atoms with van der Waals surface area (Å²) in [5, 5.41) is 0. The molecule has 2 aliphatic heterocycles. The molecule has 5 rings (SSSR count). The zero-order valence-electron chi connectivity index (χ0n) is 20.3. The number of rotatable bonds is 6. The molecule has 0 bridgehead atoms. The molecule has 11 heteroatoms. The first-order valence-corrected chi connectivity index (χ1v) is 14.0.